The van der Waals surface area contributed by atoms with Crippen LogP contribution in [0.3, 0.4) is 0 Å². The summed E-state index contributed by atoms with van der Waals surface area (Å²) in [5, 5.41) is 10.6. The number of hydrogen-bond donors (Lipinski definition) is 3. The van der Waals surface area contributed by atoms with Crippen molar-refractivity contribution >= 4 is 39.5 Å². The molecule has 0 aromatic carbocycles. The monoisotopic (exact) mass is 1470 g/mol. The van der Waals surface area contributed by atoms with Gasteiger partial charge in [-0.3, -0.25) is 37.3 Å². The second-order valence-electron chi connectivity index (χ2n) is 25.9. The van der Waals surface area contributed by atoms with E-state index in [0.717, 1.165) is 173 Å². The number of carbonyl (C=O) groups excluding carboxylic acids is 4. The molecule has 0 aliphatic carbocycles. The van der Waals surface area contributed by atoms with Crippen molar-refractivity contribution < 1.29 is 80.2 Å². The Bertz CT molecular complexity index is 2460. The fourth-order valence-corrected chi connectivity index (χ4v) is 11.7. The van der Waals surface area contributed by atoms with E-state index in [1.54, 1.807) is 6.08 Å². The Morgan fingerprint density at radius 1 is 0.294 bits per heavy atom. The molecule has 17 nitrogen and oxygen atoms in total. The van der Waals surface area contributed by atoms with Crippen molar-refractivity contribution in [3.8, 4) is 0 Å². The number of hydrogen-bond acceptors (Lipinski definition) is 15. The maximum atomic E-state index is 13.1. The molecule has 0 aliphatic rings. The predicted octanol–water partition coefficient (Wildman–Crippen LogP) is 22.9. The van der Waals surface area contributed by atoms with Gasteiger partial charge >= 0.3 is 39.5 Å². The minimum Gasteiger partial charge on any atom is -0.462 e. The van der Waals surface area contributed by atoms with E-state index in [4.69, 9.17) is 37.0 Å². The summed E-state index contributed by atoms with van der Waals surface area (Å²) in [5.41, 5.74) is 0. The lowest BCUT2D eigenvalue weighted by Crippen LogP contribution is -2.30. The maximum absolute atomic E-state index is 13.1. The van der Waals surface area contributed by atoms with E-state index < -0.39 is 97.5 Å². The van der Waals surface area contributed by atoms with Crippen molar-refractivity contribution in [3.05, 3.63) is 134 Å². The van der Waals surface area contributed by atoms with Gasteiger partial charge in [0.1, 0.15) is 19.3 Å². The molecule has 0 saturated heterocycles. The lowest BCUT2D eigenvalue weighted by atomic mass is 10.1. The van der Waals surface area contributed by atoms with Crippen LogP contribution in [0.1, 0.15) is 310 Å². The van der Waals surface area contributed by atoms with Gasteiger partial charge in [0, 0.05) is 19.3 Å². The van der Waals surface area contributed by atoms with Crippen LogP contribution in [-0.2, 0) is 65.4 Å². The molecular formula is C83H140O17P2. The van der Waals surface area contributed by atoms with Gasteiger partial charge in [0.05, 0.1) is 32.8 Å². The molecule has 0 aliphatic heterocycles. The largest absolute Gasteiger partial charge is 0.472 e. The Hall–Kier alpha value is -4.80. The van der Waals surface area contributed by atoms with Crippen molar-refractivity contribution in [3.63, 3.8) is 0 Å². The molecule has 0 amide bonds. The van der Waals surface area contributed by atoms with Crippen molar-refractivity contribution in [2.45, 2.75) is 329 Å². The first-order valence-corrected chi connectivity index (χ1v) is 42.4. The standard InChI is InChI=1S/C83H140O17P2/c1-5-9-13-17-21-25-29-33-37-38-42-44-48-52-56-60-64-68-81(86)94-74-79(100-83(88)70-66-62-58-54-50-46-41-36-32-28-24-20-16-12-8-4)76-98-102(91,92)96-72-77(84)71-95-101(89,90)97-75-78(99-82(87)69-65-61-57-53-49-45-40-35-31-27-23-19-15-11-7-3)73-93-80(85)67-63-59-55-51-47-43-39-34-30-26-22-18-14-10-6-2/h9-10,13-14,21-22,24-26,28,33-37,39-41,47,51,59,63,77-79,84H,5-8,11-12,15-20,23,27,29-32,38,42-46,48-50,52-58,60-62,64-76H2,1-4H3,(H,89,90)(H,91,92)/b13-9-,14-10-,25-21-,26-22-,28-24-,37-33-,39-34-,40-35-,41-36-,51-47-,63-59-. The summed E-state index contributed by atoms with van der Waals surface area (Å²) in [5.74, 6) is -2.36. The highest BCUT2D eigenvalue weighted by atomic mass is 31.2. The molecular weight excluding hydrogens is 1330 g/mol. The topological polar surface area (TPSA) is 237 Å². The Labute approximate surface area is 618 Å². The third-order valence-corrected chi connectivity index (χ3v) is 18.0. The van der Waals surface area contributed by atoms with Gasteiger partial charge in [-0.05, 0) is 141 Å². The van der Waals surface area contributed by atoms with Gasteiger partial charge in [0.2, 0.25) is 0 Å². The number of allylic oxidation sites excluding steroid dienone is 21. The van der Waals surface area contributed by atoms with Crippen LogP contribution >= 0.6 is 15.6 Å². The molecule has 0 radical (unpaired) electrons. The molecule has 0 aromatic heterocycles. The first-order valence-electron chi connectivity index (χ1n) is 39.4. The minimum absolute atomic E-state index is 0.0630. The number of esters is 4. The third-order valence-electron chi connectivity index (χ3n) is 16.1. The highest BCUT2D eigenvalue weighted by molar-refractivity contribution is 7.47. The van der Waals surface area contributed by atoms with Gasteiger partial charge in [-0.15, -0.1) is 0 Å². The Balaban J connectivity index is 5.44. The fourth-order valence-electron chi connectivity index (χ4n) is 10.2. The number of phosphoric acid groups is 2. The zero-order valence-corrected chi connectivity index (χ0v) is 65.5. The molecule has 19 heteroatoms. The van der Waals surface area contributed by atoms with E-state index >= 15 is 0 Å². The van der Waals surface area contributed by atoms with Crippen LogP contribution in [0.5, 0.6) is 0 Å². The highest BCUT2D eigenvalue weighted by Crippen LogP contribution is 2.45. The zero-order chi connectivity index (χ0) is 74.6. The quantitative estimate of drug-likeness (QED) is 0.0169. The van der Waals surface area contributed by atoms with Gasteiger partial charge < -0.3 is 33.8 Å². The Kier molecular flexibility index (Phi) is 71.0. The molecule has 584 valence electrons. The number of rotatable bonds is 73. The van der Waals surface area contributed by atoms with Gasteiger partial charge in [-0.25, -0.2) is 9.13 Å². The molecule has 102 heavy (non-hydrogen) atoms. The van der Waals surface area contributed by atoms with E-state index in [-0.39, 0.29) is 25.7 Å². The molecule has 0 spiro atoms. The summed E-state index contributed by atoms with van der Waals surface area (Å²) in [6.07, 6.45) is 83.2. The van der Waals surface area contributed by atoms with E-state index in [1.165, 1.54) is 57.8 Å². The lowest BCUT2D eigenvalue weighted by molar-refractivity contribution is -0.161. The zero-order valence-electron chi connectivity index (χ0n) is 63.7. The van der Waals surface area contributed by atoms with Crippen molar-refractivity contribution in [1.82, 2.24) is 0 Å². The number of phosphoric ester groups is 2. The number of unbranched alkanes of at least 4 members (excludes halogenated alkanes) is 26. The highest BCUT2D eigenvalue weighted by Gasteiger charge is 2.30. The summed E-state index contributed by atoms with van der Waals surface area (Å²) >= 11 is 0. The predicted molar refractivity (Wildman–Crippen MR) is 418 cm³/mol. The molecule has 5 unspecified atom stereocenters. The van der Waals surface area contributed by atoms with E-state index in [1.807, 2.05) is 18.2 Å². The van der Waals surface area contributed by atoms with Gasteiger partial charge in [0.25, 0.3) is 0 Å². The van der Waals surface area contributed by atoms with Gasteiger partial charge in [-0.1, -0.05) is 277 Å². The molecule has 0 heterocycles. The second-order valence-corrected chi connectivity index (χ2v) is 28.8. The van der Waals surface area contributed by atoms with Crippen molar-refractivity contribution in [2.24, 2.45) is 0 Å². The fraction of sp³-hybridized carbons (Fsp3) is 0.687. The van der Waals surface area contributed by atoms with Crippen LogP contribution in [0.2, 0.25) is 0 Å². The summed E-state index contributed by atoms with van der Waals surface area (Å²) in [4.78, 5) is 72.9. The van der Waals surface area contributed by atoms with Crippen LogP contribution < -0.4 is 0 Å². The number of aliphatic hydroxyl groups excluding tert-OH is 1. The SMILES string of the molecule is CC/C=C\C/C=C\C/C=C\C/C=C\C/C=C\CC(=O)OCC(COP(=O)(O)OCC(O)COP(=O)(O)OCC(COC(=O)CCCCCCCCC/C=C\C/C=C\C/C=C\CC)OC(=O)CCCCCCC/C=C\C/C=C\CCCCC)OC(=O)CCCCCCC/C=C\CCCCCCCC. The molecule has 0 aromatic rings. The van der Waals surface area contributed by atoms with E-state index in [2.05, 4.69) is 137 Å². The van der Waals surface area contributed by atoms with E-state index in [0.29, 0.717) is 25.7 Å². The van der Waals surface area contributed by atoms with Crippen LogP contribution in [-0.4, -0.2) is 96.7 Å². The van der Waals surface area contributed by atoms with Gasteiger partial charge in [0.15, 0.2) is 12.2 Å². The number of aliphatic hydroxyl groups is 1. The third kappa shape index (κ3) is 73.5. The average Bonchev–Trinajstić information content (AvgIpc) is 0.926. The smallest absolute Gasteiger partial charge is 0.462 e. The minimum atomic E-state index is -5.00. The molecule has 5 atom stereocenters. The first kappa shape index (κ1) is 97.2. The van der Waals surface area contributed by atoms with Gasteiger partial charge in [-0.2, -0.15) is 0 Å². The van der Waals surface area contributed by atoms with Crippen molar-refractivity contribution in [2.75, 3.05) is 39.6 Å². The lowest BCUT2D eigenvalue weighted by Gasteiger charge is -2.21. The number of ether oxygens (including phenoxy) is 4. The summed E-state index contributed by atoms with van der Waals surface area (Å²) < 4.78 is 68.4. The molecule has 0 saturated carbocycles. The van der Waals surface area contributed by atoms with Crippen LogP contribution in [0, 0.1) is 0 Å². The first-order chi connectivity index (χ1) is 49.7. The summed E-state index contributed by atoms with van der Waals surface area (Å²) in [6, 6.07) is 0. The summed E-state index contributed by atoms with van der Waals surface area (Å²) in [7, 11) is -9.99. The van der Waals surface area contributed by atoms with Crippen molar-refractivity contribution in [1.29, 1.82) is 0 Å². The van der Waals surface area contributed by atoms with E-state index in [9.17, 15) is 43.2 Å². The molecule has 0 rings (SSSR count). The van der Waals surface area contributed by atoms with Crippen LogP contribution in [0.25, 0.3) is 0 Å². The Morgan fingerprint density at radius 3 is 0.902 bits per heavy atom. The van der Waals surface area contributed by atoms with Crippen LogP contribution in [0.15, 0.2) is 134 Å². The Morgan fingerprint density at radius 2 is 0.549 bits per heavy atom. The molecule has 3 N–H and O–H groups in total. The number of carbonyl (C=O) groups is 4. The van der Waals surface area contributed by atoms with Crippen LogP contribution in [0.4, 0.5) is 0 Å². The average molecular weight is 1470 g/mol. The molecule has 0 fully saturated rings. The maximum Gasteiger partial charge on any atom is 0.472 e. The second kappa shape index (κ2) is 74.5. The molecule has 0 bridgehead atoms. The summed E-state index contributed by atoms with van der Waals surface area (Å²) in [6.45, 7) is 4.48. The normalized spacial score (nSPS) is 14.6.